The van der Waals surface area contributed by atoms with Crippen molar-refractivity contribution in [2.24, 2.45) is 0 Å². The Bertz CT molecular complexity index is 930. The van der Waals surface area contributed by atoms with Crippen LogP contribution < -0.4 is 11.2 Å². The summed E-state index contributed by atoms with van der Waals surface area (Å²) in [6.45, 7) is 0. The first-order valence-corrected chi connectivity index (χ1v) is 6.15. The SMILES string of the molecule is O=c1[nH]c(Cl)c(F)c(=O)n1-c1ccc2ccccc2c1. The van der Waals surface area contributed by atoms with Gasteiger partial charge in [-0.3, -0.25) is 9.78 Å². The van der Waals surface area contributed by atoms with E-state index in [1.807, 2.05) is 24.3 Å². The van der Waals surface area contributed by atoms with Crippen molar-refractivity contribution in [3.05, 3.63) is 74.3 Å². The van der Waals surface area contributed by atoms with Gasteiger partial charge in [0.2, 0.25) is 5.82 Å². The lowest BCUT2D eigenvalue weighted by Crippen LogP contribution is -2.35. The molecule has 0 fully saturated rings. The first-order valence-electron chi connectivity index (χ1n) is 5.77. The summed E-state index contributed by atoms with van der Waals surface area (Å²) in [6, 6.07) is 12.4. The molecule has 0 radical (unpaired) electrons. The van der Waals surface area contributed by atoms with Crippen molar-refractivity contribution in [2.45, 2.75) is 0 Å². The van der Waals surface area contributed by atoms with E-state index in [9.17, 15) is 14.0 Å². The molecular weight excluding hydrogens is 283 g/mol. The third-order valence-corrected chi connectivity index (χ3v) is 3.25. The second-order valence-corrected chi connectivity index (χ2v) is 4.61. The second kappa shape index (κ2) is 4.61. The van der Waals surface area contributed by atoms with E-state index >= 15 is 0 Å². The number of benzene rings is 2. The molecule has 3 aromatic rings. The van der Waals surface area contributed by atoms with Gasteiger partial charge in [0.25, 0.3) is 5.56 Å². The molecule has 0 saturated heterocycles. The highest BCUT2D eigenvalue weighted by atomic mass is 35.5. The summed E-state index contributed by atoms with van der Waals surface area (Å²) in [6.07, 6.45) is 0. The van der Waals surface area contributed by atoms with Crippen LogP contribution in [0.3, 0.4) is 0 Å². The van der Waals surface area contributed by atoms with Crippen LogP contribution >= 0.6 is 11.6 Å². The summed E-state index contributed by atoms with van der Waals surface area (Å²) in [7, 11) is 0. The number of rotatable bonds is 1. The number of hydrogen-bond acceptors (Lipinski definition) is 2. The topological polar surface area (TPSA) is 54.9 Å². The summed E-state index contributed by atoms with van der Waals surface area (Å²) in [5.74, 6) is -1.18. The third-order valence-electron chi connectivity index (χ3n) is 2.99. The Morgan fingerprint density at radius 1 is 1.05 bits per heavy atom. The van der Waals surface area contributed by atoms with Gasteiger partial charge in [-0.2, -0.15) is 4.39 Å². The second-order valence-electron chi connectivity index (χ2n) is 4.23. The van der Waals surface area contributed by atoms with E-state index in [1.165, 1.54) is 0 Å². The minimum atomic E-state index is -1.18. The molecule has 0 aliphatic heterocycles. The number of H-pyrrole nitrogens is 1. The Morgan fingerprint density at radius 3 is 2.50 bits per heavy atom. The minimum absolute atomic E-state index is 0.283. The van der Waals surface area contributed by atoms with Gasteiger partial charge >= 0.3 is 5.69 Å². The van der Waals surface area contributed by atoms with Crippen LogP contribution in [0.15, 0.2) is 52.1 Å². The molecule has 1 heterocycles. The fourth-order valence-corrected chi connectivity index (χ4v) is 2.20. The van der Waals surface area contributed by atoms with E-state index in [0.29, 0.717) is 4.57 Å². The van der Waals surface area contributed by atoms with Crippen LogP contribution in [0.25, 0.3) is 16.5 Å². The molecule has 0 amide bonds. The number of halogens is 2. The van der Waals surface area contributed by atoms with Gasteiger partial charge in [-0.05, 0) is 22.9 Å². The summed E-state index contributed by atoms with van der Waals surface area (Å²) < 4.78 is 14.3. The van der Waals surface area contributed by atoms with E-state index < -0.39 is 22.2 Å². The molecule has 1 N–H and O–H groups in total. The summed E-state index contributed by atoms with van der Waals surface area (Å²) in [5, 5.41) is 1.21. The third kappa shape index (κ3) is 1.92. The van der Waals surface area contributed by atoms with Crippen molar-refractivity contribution in [3.63, 3.8) is 0 Å². The molecule has 100 valence electrons. The van der Waals surface area contributed by atoms with Crippen molar-refractivity contribution >= 4 is 22.4 Å². The molecule has 1 aromatic heterocycles. The molecule has 20 heavy (non-hydrogen) atoms. The molecule has 6 heteroatoms. The maximum absolute atomic E-state index is 13.5. The number of fused-ring (bicyclic) bond motifs is 1. The highest BCUT2D eigenvalue weighted by molar-refractivity contribution is 6.29. The summed E-state index contributed by atoms with van der Waals surface area (Å²) in [5.41, 5.74) is -1.57. The van der Waals surface area contributed by atoms with E-state index in [2.05, 4.69) is 4.98 Å². The van der Waals surface area contributed by atoms with Gasteiger partial charge in [0.1, 0.15) is 0 Å². The van der Waals surface area contributed by atoms with Crippen LogP contribution in [0, 0.1) is 5.82 Å². The van der Waals surface area contributed by atoms with Gasteiger partial charge in [0, 0.05) is 0 Å². The zero-order chi connectivity index (χ0) is 14.3. The number of nitrogens with one attached hydrogen (secondary N) is 1. The first kappa shape index (κ1) is 12.6. The Labute approximate surface area is 117 Å². The largest absolute Gasteiger partial charge is 0.334 e. The van der Waals surface area contributed by atoms with E-state index in [1.54, 1.807) is 18.2 Å². The molecule has 4 nitrogen and oxygen atoms in total. The monoisotopic (exact) mass is 290 g/mol. The van der Waals surface area contributed by atoms with Crippen LogP contribution in [-0.4, -0.2) is 9.55 Å². The van der Waals surface area contributed by atoms with Crippen molar-refractivity contribution in [1.82, 2.24) is 9.55 Å². The van der Waals surface area contributed by atoms with Crippen LogP contribution in [0.5, 0.6) is 0 Å². The average Bonchev–Trinajstić information content (AvgIpc) is 2.45. The van der Waals surface area contributed by atoms with Gasteiger partial charge in [0.05, 0.1) is 5.69 Å². The lowest BCUT2D eigenvalue weighted by Gasteiger charge is -2.06. The summed E-state index contributed by atoms with van der Waals surface area (Å²) in [4.78, 5) is 25.7. The van der Waals surface area contributed by atoms with Gasteiger partial charge in [-0.25, -0.2) is 9.36 Å². The lowest BCUT2D eigenvalue weighted by molar-refractivity contribution is 0.584. The number of hydrogen-bond donors (Lipinski definition) is 1. The highest BCUT2D eigenvalue weighted by Crippen LogP contribution is 2.17. The van der Waals surface area contributed by atoms with Crippen molar-refractivity contribution in [1.29, 1.82) is 0 Å². The molecule has 0 bridgehead atoms. The van der Waals surface area contributed by atoms with Crippen LogP contribution in [0.2, 0.25) is 5.15 Å². The Hall–Kier alpha value is -2.40. The van der Waals surface area contributed by atoms with E-state index in [0.717, 1.165) is 10.8 Å². The van der Waals surface area contributed by atoms with Crippen molar-refractivity contribution < 1.29 is 4.39 Å². The zero-order valence-electron chi connectivity index (χ0n) is 10.1. The van der Waals surface area contributed by atoms with Crippen LogP contribution in [0.1, 0.15) is 0 Å². The molecule has 0 unspecified atom stereocenters. The predicted octanol–water partition coefficient (Wildman–Crippen LogP) is 2.47. The standard InChI is InChI=1S/C14H8ClFN2O2/c15-12-11(16)13(19)18(14(20)17-12)10-6-5-8-3-1-2-4-9(8)7-10/h1-7H,(H,17,20). The average molecular weight is 291 g/mol. The van der Waals surface area contributed by atoms with Crippen molar-refractivity contribution in [2.75, 3.05) is 0 Å². The Kier molecular flexibility index (Phi) is 2.91. The van der Waals surface area contributed by atoms with E-state index in [-0.39, 0.29) is 5.69 Å². The molecule has 0 atom stereocenters. The molecule has 0 saturated carbocycles. The first-order chi connectivity index (χ1) is 9.58. The lowest BCUT2D eigenvalue weighted by atomic mass is 10.1. The zero-order valence-corrected chi connectivity index (χ0v) is 10.8. The maximum atomic E-state index is 13.5. The molecule has 0 spiro atoms. The number of nitrogens with zero attached hydrogens (tertiary/aromatic N) is 1. The number of aromatic nitrogens is 2. The van der Waals surface area contributed by atoms with Gasteiger partial charge < -0.3 is 0 Å². The normalized spacial score (nSPS) is 10.9. The molecule has 3 rings (SSSR count). The molecule has 0 aliphatic rings. The maximum Gasteiger partial charge on any atom is 0.334 e. The molecular formula is C14H8ClFN2O2. The Balaban J connectivity index is 2.34. The van der Waals surface area contributed by atoms with Crippen molar-refractivity contribution in [3.8, 4) is 5.69 Å². The van der Waals surface area contributed by atoms with Gasteiger partial charge in [0.15, 0.2) is 5.15 Å². The highest BCUT2D eigenvalue weighted by Gasteiger charge is 2.13. The van der Waals surface area contributed by atoms with Crippen LogP contribution in [-0.2, 0) is 0 Å². The van der Waals surface area contributed by atoms with Crippen LogP contribution in [0.4, 0.5) is 4.39 Å². The van der Waals surface area contributed by atoms with Gasteiger partial charge in [-0.1, -0.05) is 41.9 Å². The molecule has 2 aromatic carbocycles. The molecule has 0 aliphatic carbocycles. The van der Waals surface area contributed by atoms with Gasteiger partial charge in [-0.15, -0.1) is 0 Å². The Morgan fingerprint density at radius 2 is 1.75 bits per heavy atom. The fraction of sp³-hybridized carbons (Fsp3) is 0. The minimum Gasteiger partial charge on any atom is -0.295 e. The fourth-order valence-electron chi connectivity index (χ4n) is 2.04. The predicted molar refractivity (Wildman–Crippen MR) is 75.1 cm³/mol. The smallest absolute Gasteiger partial charge is 0.295 e. The summed E-state index contributed by atoms with van der Waals surface area (Å²) >= 11 is 5.43. The van der Waals surface area contributed by atoms with E-state index in [4.69, 9.17) is 11.6 Å². The number of aromatic amines is 1. The quantitative estimate of drug-likeness (QED) is 0.700.